The number of amides is 1. The van der Waals surface area contributed by atoms with Crippen molar-refractivity contribution in [3.05, 3.63) is 77.4 Å². The van der Waals surface area contributed by atoms with Crippen LogP contribution in [-0.2, 0) is 17.6 Å². The van der Waals surface area contributed by atoms with Gasteiger partial charge in [-0.3, -0.25) is 4.79 Å². The monoisotopic (exact) mass is 378 g/mol. The van der Waals surface area contributed by atoms with Crippen molar-refractivity contribution in [3.8, 4) is 11.5 Å². The molecule has 0 aliphatic carbocycles. The molecule has 144 valence electrons. The first-order chi connectivity index (χ1) is 13.6. The molecule has 3 aromatic rings. The lowest BCUT2D eigenvalue weighted by Gasteiger charge is -2.24. The number of aromatic nitrogens is 1. The van der Waals surface area contributed by atoms with Crippen molar-refractivity contribution in [2.75, 3.05) is 6.54 Å². The smallest absolute Gasteiger partial charge is 0.228 e. The van der Waals surface area contributed by atoms with Crippen LogP contribution in [0.3, 0.4) is 0 Å². The van der Waals surface area contributed by atoms with Gasteiger partial charge in [-0.25, -0.2) is 9.37 Å². The Bertz CT molecular complexity index is 968. The first-order valence-electron chi connectivity index (χ1n) is 9.66. The van der Waals surface area contributed by atoms with Crippen molar-refractivity contribution in [1.29, 1.82) is 0 Å². The zero-order chi connectivity index (χ0) is 19.5. The summed E-state index contributed by atoms with van der Waals surface area (Å²) in [7, 11) is 0. The van der Waals surface area contributed by atoms with Gasteiger partial charge in [-0.2, -0.15) is 0 Å². The van der Waals surface area contributed by atoms with Gasteiger partial charge in [0.25, 0.3) is 0 Å². The molecule has 5 heteroatoms. The molecule has 1 aliphatic rings. The number of nitrogens with zero attached hydrogens (tertiary/aromatic N) is 2. The number of oxazole rings is 1. The van der Waals surface area contributed by atoms with Gasteiger partial charge in [0.05, 0.1) is 12.1 Å². The summed E-state index contributed by atoms with van der Waals surface area (Å²) in [6, 6.07) is 16.4. The summed E-state index contributed by atoms with van der Waals surface area (Å²) < 4.78 is 19.2. The van der Waals surface area contributed by atoms with Crippen molar-refractivity contribution in [1.82, 2.24) is 9.88 Å². The number of aryl methyl sites for hydroxylation is 1. The summed E-state index contributed by atoms with van der Waals surface area (Å²) in [4.78, 5) is 19.4. The van der Waals surface area contributed by atoms with Gasteiger partial charge in [0, 0.05) is 18.2 Å². The minimum Gasteiger partial charge on any atom is -0.441 e. The van der Waals surface area contributed by atoms with Gasteiger partial charge in [0.2, 0.25) is 11.8 Å². The summed E-state index contributed by atoms with van der Waals surface area (Å²) >= 11 is 0. The number of hydrogen-bond donors (Lipinski definition) is 0. The summed E-state index contributed by atoms with van der Waals surface area (Å²) in [5.74, 6) is 1.03. The zero-order valence-electron chi connectivity index (χ0n) is 15.9. The van der Waals surface area contributed by atoms with Crippen LogP contribution in [0.5, 0.6) is 0 Å². The van der Waals surface area contributed by atoms with Gasteiger partial charge in [-0.15, -0.1) is 0 Å². The van der Waals surface area contributed by atoms with Crippen LogP contribution in [0.2, 0.25) is 0 Å². The van der Waals surface area contributed by atoms with E-state index in [1.807, 2.05) is 48.2 Å². The molecule has 1 atom stereocenters. The normalized spacial score (nSPS) is 16.5. The van der Waals surface area contributed by atoms with E-state index >= 15 is 0 Å². The second kappa shape index (κ2) is 7.97. The van der Waals surface area contributed by atoms with Gasteiger partial charge in [-0.1, -0.05) is 30.3 Å². The molecule has 0 spiro atoms. The van der Waals surface area contributed by atoms with E-state index in [1.165, 1.54) is 6.07 Å². The lowest BCUT2D eigenvalue weighted by Crippen LogP contribution is -2.38. The van der Waals surface area contributed by atoms with Crippen LogP contribution in [0.15, 0.2) is 59.0 Å². The summed E-state index contributed by atoms with van der Waals surface area (Å²) in [6.07, 6.45) is 2.81. The molecular formula is C23H23FN2O2. The highest BCUT2D eigenvalue weighted by Gasteiger charge is 2.29. The number of halogens is 1. The number of rotatable bonds is 5. The SMILES string of the molecule is Cc1oc(-c2ccccc2)nc1CC(=O)N1CCCC1Cc1cccc(F)c1. The average molecular weight is 378 g/mol. The van der Waals surface area contributed by atoms with Crippen LogP contribution in [0.25, 0.3) is 11.5 Å². The standard InChI is InChI=1S/C23H23FN2O2/c1-16-21(25-23(28-16)18-8-3-2-4-9-18)15-22(27)26-12-6-11-20(26)14-17-7-5-10-19(24)13-17/h2-5,7-10,13,20H,6,11-12,14-15H2,1H3. The van der Waals surface area contributed by atoms with E-state index in [0.717, 1.165) is 30.5 Å². The fourth-order valence-corrected chi connectivity index (χ4v) is 3.85. The Morgan fingerprint density at radius 2 is 2.04 bits per heavy atom. The Kier molecular flexibility index (Phi) is 5.24. The minimum atomic E-state index is -0.236. The molecule has 4 rings (SSSR count). The molecule has 0 bridgehead atoms. The predicted octanol–water partition coefficient (Wildman–Crippen LogP) is 4.57. The van der Waals surface area contributed by atoms with Gasteiger partial charge in [0.1, 0.15) is 11.6 Å². The Balaban J connectivity index is 1.46. The van der Waals surface area contributed by atoms with E-state index < -0.39 is 0 Å². The first-order valence-corrected chi connectivity index (χ1v) is 9.66. The number of carbonyl (C=O) groups is 1. The maximum Gasteiger partial charge on any atom is 0.228 e. The Hall–Kier alpha value is -2.95. The van der Waals surface area contributed by atoms with Crippen LogP contribution in [0, 0.1) is 12.7 Å². The van der Waals surface area contributed by atoms with Crippen molar-refractivity contribution < 1.29 is 13.6 Å². The average Bonchev–Trinajstić information content (AvgIpc) is 3.29. The fourth-order valence-electron chi connectivity index (χ4n) is 3.85. The van der Waals surface area contributed by atoms with Gasteiger partial charge < -0.3 is 9.32 Å². The topological polar surface area (TPSA) is 46.3 Å². The van der Waals surface area contributed by atoms with Gasteiger partial charge in [-0.05, 0) is 56.0 Å². The molecule has 2 aromatic carbocycles. The fraction of sp³-hybridized carbons (Fsp3) is 0.304. The third-order valence-corrected chi connectivity index (χ3v) is 5.29. The van der Waals surface area contributed by atoms with Gasteiger partial charge >= 0.3 is 0 Å². The van der Waals surface area contributed by atoms with E-state index in [4.69, 9.17) is 4.42 Å². The summed E-state index contributed by atoms with van der Waals surface area (Å²) in [5, 5.41) is 0. The van der Waals surface area contributed by atoms with Crippen LogP contribution < -0.4 is 0 Å². The highest BCUT2D eigenvalue weighted by Crippen LogP contribution is 2.25. The molecule has 0 radical (unpaired) electrons. The van der Waals surface area contributed by atoms with E-state index in [-0.39, 0.29) is 24.2 Å². The lowest BCUT2D eigenvalue weighted by atomic mass is 10.0. The van der Waals surface area contributed by atoms with Crippen LogP contribution >= 0.6 is 0 Å². The van der Waals surface area contributed by atoms with E-state index in [9.17, 15) is 9.18 Å². The second-order valence-corrected chi connectivity index (χ2v) is 7.28. The minimum absolute atomic E-state index is 0.0508. The van der Waals surface area contributed by atoms with Crippen LogP contribution in [0.1, 0.15) is 29.9 Å². The van der Waals surface area contributed by atoms with E-state index in [1.54, 1.807) is 12.1 Å². The van der Waals surface area contributed by atoms with E-state index in [0.29, 0.717) is 23.8 Å². The molecule has 1 aliphatic heterocycles. The molecule has 28 heavy (non-hydrogen) atoms. The first kappa shape index (κ1) is 18.4. The number of benzene rings is 2. The Morgan fingerprint density at radius 1 is 1.21 bits per heavy atom. The molecule has 1 amide bonds. The molecule has 2 heterocycles. The molecular weight excluding hydrogens is 355 g/mol. The molecule has 4 nitrogen and oxygen atoms in total. The van der Waals surface area contributed by atoms with Crippen LogP contribution in [-0.4, -0.2) is 28.4 Å². The quantitative estimate of drug-likeness (QED) is 0.654. The third kappa shape index (κ3) is 3.98. The third-order valence-electron chi connectivity index (χ3n) is 5.29. The molecule has 1 fully saturated rings. The van der Waals surface area contributed by atoms with Crippen molar-refractivity contribution >= 4 is 5.91 Å². The molecule has 1 saturated heterocycles. The maximum absolute atomic E-state index is 13.5. The Morgan fingerprint density at radius 3 is 2.82 bits per heavy atom. The molecule has 1 aromatic heterocycles. The zero-order valence-corrected chi connectivity index (χ0v) is 15.9. The number of carbonyl (C=O) groups excluding carboxylic acids is 1. The molecule has 1 unspecified atom stereocenters. The van der Waals surface area contributed by atoms with Crippen LogP contribution in [0.4, 0.5) is 4.39 Å². The maximum atomic E-state index is 13.5. The highest BCUT2D eigenvalue weighted by atomic mass is 19.1. The predicted molar refractivity (Wildman–Crippen MR) is 105 cm³/mol. The molecule has 0 N–H and O–H groups in total. The largest absolute Gasteiger partial charge is 0.441 e. The molecule has 0 saturated carbocycles. The summed E-state index contributed by atoms with van der Waals surface area (Å²) in [5.41, 5.74) is 2.50. The number of likely N-dealkylation sites (tertiary alicyclic amines) is 1. The summed E-state index contributed by atoms with van der Waals surface area (Å²) in [6.45, 7) is 2.58. The van der Waals surface area contributed by atoms with Crippen molar-refractivity contribution in [2.24, 2.45) is 0 Å². The highest BCUT2D eigenvalue weighted by molar-refractivity contribution is 5.79. The van der Waals surface area contributed by atoms with Gasteiger partial charge in [0.15, 0.2) is 0 Å². The number of hydrogen-bond acceptors (Lipinski definition) is 3. The van der Waals surface area contributed by atoms with Crippen molar-refractivity contribution in [2.45, 2.75) is 38.6 Å². The Labute approximate surface area is 164 Å². The van der Waals surface area contributed by atoms with Crippen molar-refractivity contribution in [3.63, 3.8) is 0 Å². The second-order valence-electron chi connectivity index (χ2n) is 7.28. The lowest BCUT2D eigenvalue weighted by molar-refractivity contribution is -0.131. The van der Waals surface area contributed by atoms with E-state index in [2.05, 4.69) is 4.98 Å².